The summed E-state index contributed by atoms with van der Waals surface area (Å²) in [4.78, 5) is 13.8. The summed E-state index contributed by atoms with van der Waals surface area (Å²) in [5.41, 5.74) is 5.58. The third kappa shape index (κ3) is 1.91. The second kappa shape index (κ2) is 4.28. The molecule has 0 aliphatic carbocycles. The van der Waals surface area contributed by atoms with Crippen molar-refractivity contribution in [3.63, 3.8) is 0 Å². The molecule has 2 aliphatic heterocycles. The number of carbonyl (C=O) groups excluding carboxylic acids is 1. The number of nitrogens with zero attached hydrogens (tertiary/aromatic N) is 1. The number of rotatable bonds is 2. The summed E-state index contributed by atoms with van der Waals surface area (Å²) >= 11 is 0. The van der Waals surface area contributed by atoms with Crippen LogP contribution in [0.25, 0.3) is 0 Å². The summed E-state index contributed by atoms with van der Waals surface area (Å²) in [5, 5.41) is 0. The van der Waals surface area contributed by atoms with Gasteiger partial charge >= 0.3 is 0 Å². The first kappa shape index (κ1) is 9.93. The predicted molar refractivity (Wildman–Crippen MR) is 52.7 cm³/mol. The predicted octanol–water partition coefficient (Wildman–Crippen LogP) is -0.0274. The molecule has 0 bridgehead atoms. The van der Waals surface area contributed by atoms with E-state index in [1.165, 1.54) is 0 Å². The molecule has 2 heterocycles. The Morgan fingerprint density at radius 2 is 2.36 bits per heavy atom. The lowest BCUT2D eigenvalue weighted by Gasteiger charge is -2.19. The summed E-state index contributed by atoms with van der Waals surface area (Å²) in [6.07, 6.45) is 2.80. The van der Waals surface area contributed by atoms with Crippen molar-refractivity contribution in [3.8, 4) is 0 Å². The normalized spacial score (nSPS) is 32.5. The number of hydrogen-bond donors (Lipinski definition) is 1. The van der Waals surface area contributed by atoms with E-state index in [9.17, 15) is 4.79 Å². The summed E-state index contributed by atoms with van der Waals surface area (Å²) in [7, 11) is 0. The van der Waals surface area contributed by atoms with Crippen LogP contribution in [0.1, 0.15) is 19.3 Å². The third-order valence-corrected chi connectivity index (χ3v) is 3.14. The molecule has 4 heteroatoms. The van der Waals surface area contributed by atoms with Crippen molar-refractivity contribution in [2.24, 2.45) is 11.7 Å². The minimum atomic E-state index is -0.161. The van der Waals surface area contributed by atoms with Crippen LogP contribution in [0.15, 0.2) is 0 Å². The molecule has 2 rings (SSSR count). The van der Waals surface area contributed by atoms with E-state index in [0.29, 0.717) is 12.5 Å². The molecule has 2 atom stereocenters. The molecular weight excluding hydrogens is 180 g/mol. The summed E-state index contributed by atoms with van der Waals surface area (Å²) in [6, 6.07) is 0. The Balaban J connectivity index is 1.86. The Hall–Kier alpha value is -0.610. The van der Waals surface area contributed by atoms with E-state index in [1.54, 1.807) is 0 Å². The lowest BCUT2D eigenvalue weighted by molar-refractivity contribution is -0.139. The van der Waals surface area contributed by atoms with Crippen molar-refractivity contribution in [2.75, 3.05) is 26.2 Å². The minimum Gasteiger partial charge on any atom is -0.368 e. The summed E-state index contributed by atoms with van der Waals surface area (Å²) < 4.78 is 5.37. The zero-order valence-electron chi connectivity index (χ0n) is 8.45. The maximum Gasteiger partial charge on any atom is 0.251 e. The minimum absolute atomic E-state index is 0.161. The zero-order chi connectivity index (χ0) is 9.97. The maximum absolute atomic E-state index is 11.9. The second-order valence-corrected chi connectivity index (χ2v) is 4.18. The zero-order valence-corrected chi connectivity index (χ0v) is 8.45. The average Bonchev–Trinajstić information content (AvgIpc) is 2.88. The quantitative estimate of drug-likeness (QED) is 0.678. The van der Waals surface area contributed by atoms with Crippen molar-refractivity contribution >= 4 is 5.91 Å². The Morgan fingerprint density at radius 1 is 1.50 bits per heavy atom. The molecule has 80 valence electrons. The van der Waals surface area contributed by atoms with Crippen LogP contribution in [0.5, 0.6) is 0 Å². The number of carbonyl (C=O) groups is 1. The number of amides is 1. The molecule has 1 amide bonds. The van der Waals surface area contributed by atoms with Crippen molar-refractivity contribution < 1.29 is 9.53 Å². The molecule has 1 unspecified atom stereocenters. The fraction of sp³-hybridized carbons (Fsp3) is 0.900. The lowest BCUT2D eigenvalue weighted by atomic mass is 10.1. The molecule has 0 aromatic carbocycles. The molecule has 0 aromatic heterocycles. The third-order valence-electron chi connectivity index (χ3n) is 3.14. The lowest BCUT2D eigenvalue weighted by Crippen LogP contribution is -2.37. The fourth-order valence-electron chi connectivity index (χ4n) is 2.20. The SMILES string of the molecule is NCC1CCN(C(=O)[C@H]2CCCO2)C1. The van der Waals surface area contributed by atoms with Crippen LogP contribution in [-0.4, -0.2) is 43.2 Å². The first-order valence-corrected chi connectivity index (χ1v) is 5.41. The summed E-state index contributed by atoms with van der Waals surface area (Å²) in [6.45, 7) is 3.12. The van der Waals surface area contributed by atoms with Crippen LogP contribution in [0.4, 0.5) is 0 Å². The van der Waals surface area contributed by atoms with Crippen molar-refractivity contribution in [2.45, 2.75) is 25.4 Å². The van der Waals surface area contributed by atoms with Gasteiger partial charge in [-0.15, -0.1) is 0 Å². The number of likely N-dealkylation sites (tertiary alicyclic amines) is 1. The molecule has 2 saturated heterocycles. The topological polar surface area (TPSA) is 55.6 Å². The highest BCUT2D eigenvalue weighted by molar-refractivity contribution is 5.81. The first-order chi connectivity index (χ1) is 6.81. The molecule has 2 fully saturated rings. The molecule has 2 N–H and O–H groups in total. The van der Waals surface area contributed by atoms with Crippen LogP contribution < -0.4 is 5.73 Å². The van der Waals surface area contributed by atoms with Crippen molar-refractivity contribution in [3.05, 3.63) is 0 Å². The fourth-order valence-corrected chi connectivity index (χ4v) is 2.20. The number of hydrogen-bond acceptors (Lipinski definition) is 3. The van der Waals surface area contributed by atoms with Crippen LogP contribution in [0.3, 0.4) is 0 Å². The van der Waals surface area contributed by atoms with E-state index in [0.717, 1.165) is 39.0 Å². The molecule has 0 radical (unpaired) electrons. The molecule has 0 spiro atoms. The van der Waals surface area contributed by atoms with Crippen LogP contribution >= 0.6 is 0 Å². The van der Waals surface area contributed by atoms with Gasteiger partial charge < -0.3 is 15.4 Å². The van der Waals surface area contributed by atoms with E-state index in [-0.39, 0.29) is 12.0 Å². The van der Waals surface area contributed by atoms with Gasteiger partial charge in [-0.25, -0.2) is 0 Å². The highest BCUT2D eigenvalue weighted by Crippen LogP contribution is 2.20. The van der Waals surface area contributed by atoms with Gasteiger partial charge in [0.15, 0.2) is 0 Å². The summed E-state index contributed by atoms with van der Waals surface area (Å²) in [5.74, 6) is 0.679. The van der Waals surface area contributed by atoms with Gasteiger partial charge in [-0.05, 0) is 31.7 Å². The smallest absolute Gasteiger partial charge is 0.251 e. The Bertz CT molecular complexity index is 214. The van der Waals surface area contributed by atoms with Crippen LogP contribution in [0, 0.1) is 5.92 Å². The first-order valence-electron chi connectivity index (χ1n) is 5.41. The highest BCUT2D eigenvalue weighted by atomic mass is 16.5. The van der Waals surface area contributed by atoms with Crippen LogP contribution in [0.2, 0.25) is 0 Å². The van der Waals surface area contributed by atoms with E-state index < -0.39 is 0 Å². The average molecular weight is 198 g/mol. The van der Waals surface area contributed by atoms with Gasteiger partial charge in [0.25, 0.3) is 5.91 Å². The van der Waals surface area contributed by atoms with Gasteiger partial charge in [0.2, 0.25) is 0 Å². The van der Waals surface area contributed by atoms with Gasteiger partial charge in [0, 0.05) is 19.7 Å². The van der Waals surface area contributed by atoms with E-state index in [2.05, 4.69) is 0 Å². The molecule has 4 nitrogen and oxygen atoms in total. The molecule has 0 saturated carbocycles. The van der Waals surface area contributed by atoms with Crippen molar-refractivity contribution in [1.29, 1.82) is 0 Å². The van der Waals surface area contributed by atoms with Gasteiger partial charge in [-0.3, -0.25) is 4.79 Å². The van der Waals surface area contributed by atoms with Crippen molar-refractivity contribution in [1.82, 2.24) is 4.90 Å². The Kier molecular flexibility index (Phi) is 3.03. The standard InChI is InChI=1S/C10H18N2O2/c11-6-8-3-4-12(7-8)10(13)9-2-1-5-14-9/h8-9H,1-7,11H2/t8?,9-/m1/s1. The van der Waals surface area contributed by atoms with E-state index >= 15 is 0 Å². The van der Waals surface area contributed by atoms with Gasteiger partial charge in [-0.2, -0.15) is 0 Å². The van der Waals surface area contributed by atoms with Gasteiger partial charge in [0.05, 0.1) is 0 Å². The molecule has 0 aromatic rings. The van der Waals surface area contributed by atoms with Gasteiger partial charge in [-0.1, -0.05) is 0 Å². The van der Waals surface area contributed by atoms with E-state index in [4.69, 9.17) is 10.5 Å². The van der Waals surface area contributed by atoms with E-state index in [1.807, 2.05) is 4.90 Å². The highest BCUT2D eigenvalue weighted by Gasteiger charge is 2.32. The monoisotopic (exact) mass is 198 g/mol. The second-order valence-electron chi connectivity index (χ2n) is 4.18. The Morgan fingerprint density at radius 3 is 2.93 bits per heavy atom. The molecule has 14 heavy (non-hydrogen) atoms. The van der Waals surface area contributed by atoms with Crippen LogP contribution in [-0.2, 0) is 9.53 Å². The molecular formula is C10H18N2O2. The largest absolute Gasteiger partial charge is 0.368 e. The number of ether oxygens (including phenoxy) is 1. The number of nitrogens with two attached hydrogens (primary N) is 1. The Labute approximate surface area is 84.4 Å². The van der Waals surface area contributed by atoms with Gasteiger partial charge in [0.1, 0.15) is 6.10 Å². The maximum atomic E-state index is 11.9. The molecule has 2 aliphatic rings.